The van der Waals surface area contributed by atoms with E-state index in [4.69, 9.17) is 11.6 Å². The SMILES string of the molecule is CCNC(=NCCN(C)CC(F)(F)F)NC(C)c1ccc(Cl)cc1. The molecule has 0 saturated heterocycles. The number of alkyl halides is 3. The van der Waals surface area contributed by atoms with Crippen LogP contribution in [0.5, 0.6) is 0 Å². The summed E-state index contributed by atoms with van der Waals surface area (Å²) >= 11 is 5.87. The third-order valence-electron chi connectivity index (χ3n) is 3.27. The van der Waals surface area contributed by atoms with E-state index < -0.39 is 12.7 Å². The van der Waals surface area contributed by atoms with Gasteiger partial charge in [0.2, 0.25) is 0 Å². The molecule has 0 aliphatic heterocycles. The number of hydrogen-bond donors (Lipinski definition) is 2. The van der Waals surface area contributed by atoms with Gasteiger partial charge in [-0.3, -0.25) is 9.89 Å². The summed E-state index contributed by atoms with van der Waals surface area (Å²) in [4.78, 5) is 5.53. The number of hydrogen-bond acceptors (Lipinski definition) is 2. The van der Waals surface area contributed by atoms with E-state index in [1.54, 1.807) is 0 Å². The third kappa shape index (κ3) is 8.40. The number of benzene rings is 1. The number of aliphatic imine (C=N–C) groups is 1. The maximum atomic E-state index is 12.3. The Kier molecular flexibility index (Phi) is 8.35. The average molecular weight is 365 g/mol. The fraction of sp³-hybridized carbons (Fsp3) is 0.562. The van der Waals surface area contributed by atoms with E-state index in [1.165, 1.54) is 11.9 Å². The zero-order valence-electron chi connectivity index (χ0n) is 14.1. The van der Waals surface area contributed by atoms with Crippen LogP contribution in [0.1, 0.15) is 25.5 Å². The molecule has 1 rings (SSSR count). The summed E-state index contributed by atoms with van der Waals surface area (Å²) in [5.41, 5.74) is 1.04. The van der Waals surface area contributed by atoms with Gasteiger partial charge in [0, 0.05) is 18.1 Å². The zero-order valence-corrected chi connectivity index (χ0v) is 14.9. The Labute approximate surface area is 146 Å². The van der Waals surface area contributed by atoms with E-state index in [1.807, 2.05) is 38.1 Å². The van der Waals surface area contributed by atoms with Crippen molar-refractivity contribution in [2.24, 2.45) is 4.99 Å². The predicted octanol–water partition coefficient (Wildman–Crippen LogP) is 3.45. The second kappa shape index (κ2) is 9.74. The number of nitrogens with zero attached hydrogens (tertiary/aromatic N) is 2. The fourth-order valence-electron chi connectivity index (χ4n) is 2.08. The van der Waals surface area contributed by atoms with Crippen LogP contribution < -0.4 is 10.6 Å². The van der Waals surface area contributed by atoms with Crippen molar-refractivity contribution < 1.29 is 13.2 Å². The van der Waals surface area contributed by atoms with Crippen LogP contribution in [0.2, 0.25) is 5.02 Å². The molecule has 0 radical (unpaired) electrons. The summed E-state index contributed by atoms with van der Waals surface area (Å²) in [6.07, 6.45) is -4.19. The normalized spacial score (nSPS) is 13.9. The average Bonchev–Trinajstić information content (AvgIpc) is 2.46. The summed E-state index contributed by atoms with van der Waals surface area (Å²) < 4.78 is 36.9. The van der Waals surface area contributed by atoms with Gasteiger partial charge in [-0.15, -0.1) is 0 Å². The Morgan fingerprint density at radius 1 is 1.29 bits per heavy atom. The predicted molar refractivity (Wildman–Crippen MR) is 92.5 cm³/mol. The third-order valence-corrected chi connectivity index (χ3v) is 3.52. The first-order chi connectivity index (χ1) is 11.2. The first-order valence-corrected chi connectivity index (χ1v) is 8.14. The number of halogens is 4. The van der Waals surface area contributed by atoms with Crippen molar-refractivity contribution in [2.45, 2.75) is 26.1 Å². The smallest absolute Gasteiger partial charge is 0.357 e. The zero-order chi connectivity index (χ0) is 18.2. The van der Waals surface area contributed by atoms with Crippen molar-refractivity contribution in [2.75, 3.05) is 33.2 Å². The lowest BCUT2D eigenvalue weighted by atomic mass is 10.1. The molecular weight excluding hydrogens is 341 g/mol. The topological polar surface area (TPSA) is 39.7 Å². The van der Waals surface area contributed by atoms with Gasteiger partial charge in [-0.25, -0.2) is 0 Å². The van der Waals surface area contributed by atoms with Crippen LogP contribution in [0.15, 0.2) is 29.3 Å². The van der Waals surface area contributed by atoms with Gasteiger partial charge < -0.3 is 10.6 Å². The Balaban J connectivity index is 2.57. The van der Waals surface area contributed by atoms with Crippen molar-refractivity contribution >= 4 is 17.6 Å². The molecule has 1 unspecified atom stereocenters. The molecule has 1 atom stereocenters. The summed E-state index contributed by atoms with van der Waals surface area (Å²) in [6.45, 7) is 4.14. The van der Waals surface area contributed by atoms with Crippen LogP contribution in [-0.2, 0) is 0 Å². The summed E-state index contributed by atoms with van der Waals surface area (Å²) in [5, 5.41) is 6.99. The minimum atomic E-state index is -4.19. The quantitative estimate of drug-likeness (QED) is 0.575. The lowest BCUT2D eigenvalue weighted by Gasteiger charge is -2.20. The van der Waals surface area contributed by atoms with Crippen molar-refractivity contribution in [3.63, 3.8) is 0 Å². The molecule has 136 valence electrons. The number of rotatable bonds is 7. The van der Waals surface area contributed by atoms with Gasteiger partial charge in [0.1, 0.15) is 0 Å². The molecule has 0 spiro atoms. The number of guanidine groups is 1. The highest BCUT2D eigenvalue weighted by Gasteiger charge is 2.28. The highest BCUT2D eigenvalue weighted by atomic mass is 35.5. The van der Waals surface area contributed by atoms with E-state index in [9.17, 15) is 13.2 Å². The number of likely N-dealkylation sites (N-methyl/N-ethyl adjacent to an activating group) is 1. The minimum absolute atomic E-state index is 0.00651. The first-order valence-electron chi connectivity index (χ1n) is 7.77. The van der Waals surface area contributed by atoms with Gasteiger partial charge in [0.25, 0.3) is 0 Å². The van der Waals surface area contributed by atoms with Crippen LogP contribution in [0, 0.1) is 0 Å². The van der Waals surface area contributed by atoms with Crippen LogP contribution in [0.4, 0.5) is 13.2 Å². The Morgan fingerprint density at radius 3 is 2.46 bits per heavy atom. The van der Waals surface area contributed by atoms with Crippen LogP contribution in [0.3, 0.4) is 0 Å². The van der Waals surface area contributed by atoms with Crippen molar-refractivity contribution in [1.82, 2.24) is 15.5 Å². The largest absolute Gasteiger partial charge is 0.401 e. The highest BCUT2D eigenvalue weighted by Crippen LogP contribution is 2.16. The molecular formula is C16H24ClF3N4. The molecule has 1 aromatic rings. The molecule has 0 aliphatic carbocycles. The standard InChI is InChI=1S/C16H24ClF3N4/c1-4-21-15(22-9-10-24(3)11-16(18,19)20)23-12(2)13-5-7-14(17)8-6-13/h5-8,12H,4,9-11H2,1-3H3,(H2,21,22,23). The second-order valence-corrected chi connectivity index (χ2v) is 5.97. The molecule has 4 nitrogen and oxygen atoms in total. The summed E-state index contributed by atoms with van der Waals surface area (Å²) in [7, 11) is 1.43. The van der Waals surface area contributed by atoms with Gasteiger partial charge in [-0.2, -0.15) is 13.2 Å². The van der Waals surface area contributed by atoms with Gasteiger partial charge in [-0.05, 0) is 38.6 Å². The van der Waals surface area contributed by atoms with Crippen LogP contribution >= 0.6 is 11.6 Å². The van der Waals surface area contributed by atoms with Gasteiger partial charge in [-0.1, -0.05) is 23.7 Å². The molecule has 0 heterocycles. The second-order valence-electron chi connectivity index (χ2n) is 5.53. The van der Waals surface area contributed by atoms with Crippen molar-refractivity contribution in [3.8, 4) is 0 Å². The molecule has 2 N–H and O–H groups in total. The Morgan fingerprint density at radius 2 is 1.92 bits per heavy atom. The summed E-state index contributed by atoms with van der Waals surface area (Å²) in [5.74, 6) is 0.570. The molecule has 0 fully saturated rings. The van der Waals surface area contributed by atoms with Gasteiger partial charge in [0.05, 0.1) is 19.1 Å². The molecule has 0 amide bonds. The van der Waals surface area contributed by atoms with E-state index >= 15 is 0 Å². The Bertz CT molecular complexity index is 517. The fourth-order valence-corrected chi connectivity index (χ4v) is 2.20. The van der Waals surface area contributed by atoms with Gasteiger partial charge in [0.15, 0.2) is 5.96 Å². The molecule has 24 heavy (non-hydrogen) atoms. The minimum Gasteiger partial charge on any atom is -0.357 e. The van der Waals surface area contributed by atoms with Crippen LogP contribution in [-0.4, -0.2) is 50.3 Å². The van der Waals surface area contributed by atoms with Crippen LogP contribution in [0.25, 0.3) is 0 Å². The van der Waals surface area contributed by atoms with E-state index in [0.29, 0.717) is 17.5 Å². The van der Waals surface area contributed by atoms with Gasteiger partial charge >= 0.3 is 6.18 Å². The molecule has 1 aromatic carbocycles. The monoisotopic (exact) mass is 364 g/mol. The van der Waals surface area contributed by atoms with E-state index in [0.717, 1.165) is 5.56 Å². The molecule has 0 bridgehead atoms. The van der Waals surface area contributed by atoms with E-state index in [2.05, 4.69) is 15.6 Å². The lowest BCUT2D eigenvalue weighted by molar-refractivity contribution is -0.142. The highest BCUT2D eigenvalue weighted by molar-refractivity contribution is 6.30. The lowest BCUT2D eigenvalue weighted by Crippen LogP contribution is -2.39. The maximum absolute atomic E-state index is 12.3. The molecule has 0 aromatic heterocycles. The Hall–Kier alpha value is -1.47. The number of nitrogens with one attached hydrogen (secondary N) is 2. The van der Waals surface area contributed by atoms with Crippen molar-refractivity contribution in [3.05, 3.63) is 34.9 Å². The molecule has 0 saturated carbocycles. The maximum Gasteiger partial charge on any atom is 0.401 e. The first kappa shape index (κ1) is 20.6. The molecule has 8 heteroatoms. The molecule has 0 aliphatic rings. The van der Waals surface area contributed by atoms with Crippen molar-refractivity contribution in [1.29, 1.82) is 0 Å². The summed E-state index contributed by atoms with van der Waals surface area (Å²) in [6, 6.07) is 7.45. The van der Waals surface area contributed by atoms with E-state index in [-0.39, 0.29) is 19.1 Å².